The van der Waals surface area contributed by atoms with Gasteiger partial charge in [-0.1, -0.05) is 24.3 Å². The first-order valence-corrected chi connectivity index (χ1v) is 8.41. The fourth-order valence-corrected chi connectivity index (χ4v) is 2.52. The minimum absolute atomic E-state index is 0.112. The number of nitrogens with one attached hydrogen (secondary N) is 1. The third kappa shape index (κ3) is 4.01. The number of amides is 1. The van der Waals surface area contributed by atoms with Crippen LogP contribution in [0.25, 0.3) is 11.0 Å². The van der Waals surface area contributed by atoms with Crippen LogP contribution >= 0.6 is 0 Å². The Hall–Kier alpha value is -3.68. The van der Waals surface area contributed by atoms with Crippen LogP contribution in [-0.4, -0.2) is 31.1 Å². The Morgan fingerprint density at radius 3 is 2.46 bits per heavy atom. The summed E-state index contributed by atoms with van der Waals surface area (Å²) in [5.74, 6) is -3.36. The van der Waals surface area contributed by atoms with Crippen LogP contribution in [0.1, 0.15) is 27.8 Å². The quantitative estimate of drug-likeness (QED) is 0.652. The molecule has 0 atom stereocenters. The molecule has 0 aliphatic heterocycles. The van der Waals surface area contributed by atoms with Crippen LogP contribution < -0.4 is 5.32 Å². The van der Waals surface area contributed by atoms with Crippen LogP contribution in [0.15, 0.2) is 52.9 Å². The molecule has 1 heterocycles. The Morgan fingerprint density at radius 1 is 1.00 bits per heavy atom. The number of anilines is 1. The second-order valence-corrected chi connectivity index (χ2v) is 5.63. The number of rotatable bonds is 6. The molecule has 1 aromatic heterocycles. The summed E-state index contributed by atoms with van der Waals surface area (Å²) in [4.78, 5) is 36.3. The van der Waals surface area contributed by atoms with Gasteiger partial charge in [-0.15, -0.1) is 0 Å². The zero-order valence-electron chi connectivity index (χ0n) is 14.9. The fourth-order valence-electron chi connectivity index (χ4n) is 2.52. The Kier molecular flexibility index (Phi) is 5.69. The number of esters is 2. The first-order valence-electron chi connectivity index (χ1n) is 8.41. The smallest absolute Gasteiger partial charge is 0.376 e. The van der Waals surface area contributed by atoms with Gasteiger partial charge in [0.2, 0.25) is 5.76 Å². The number of ether oxygens (including phenoxy) is 2. The molecular formula is C20H16FNO6. The van der Waals surface area contributed by atoms with Gasteiger partial charge in [-0.2, -0.15) is 0 Å². The van der Waals surface area contributed by atoms with E-state index >= 15 is 0 Å². The molecule has 0 fully saturated rings. The third-order valence-corrected chi connectivity index (χ3v) is 3.75. The van der Waals surface area contributed by atoms with Crippen LogP contribution in [0.2, 0.25) is 0 Å². The molecule has 0 radical (unpaired) electrons. The van der Waals surface area contributed by atoms with E-state index in [0.29, 0.717) is 11.0 Å². The molecule has 0 spiro atoms. The molecule has 7 nitrogen and oxygen atoms in total. The predicted molar refractivity (Wildman–Crippen MR) is 97.5 cm³/mol. The lowest BCUT2D eigenvalue weighted by molar-refractivity contribution is -0.119. The minimum atomic E-state index is -0.976. The van der Waals surface area contributed by atoms with E-state index in [0.717, 1.165) is 6.07 Å². The SMILES string of the molecule is CCOC(=O)c1oc2ccccc2c1NC(=O)COC(=O)c1ccccc1F. The number of para-hydroxylation sites is 1. The summed E-state index contributed by atoms with van der Waals surface area (Å²) >= 11 is 0. The third-order valence-electron chi connectivity index (χ3n) is 3.75. The summed E-state index contributed by atoms with van der Waals surface area (Å²) in [5.41, 5.74) is 0.210. The van der Waals surface area contributed by atoms with Crippen molar-refractivity contribution in [3.63, 3.8) is 0 Å². The molecule has 1 amide bonds. The molecule has 0 aliphatic carbocycles. The zero-order chi connectivity index (χ0) is 20.1. The van der Waals surface area contributed by atoms with E-state index in [1.54, 1.807) is 31.2 Å². The maximum atomic E-state index is 13.6. The lowest BCUT2D eigenvalue weighted by atomic mass is 10.2. The summed E-state index contributed by atoms with van der Waals surface area (Å²) in [6, 6.07) is 12.0. The van der Waals surface area contributed by atoms with Gasteiger partial charge in [0.25, 0.3) is 5.91 Å². The van der Waals surface area contributed by atoms with Crippen LogP contribution in [0, 0.1) is 5.82 Å². The molecule has 0 saturated carbocycles. The zero-order valence-corrected chi connectivity index (χ0v) is 14.9. The van der Waals surface area contributed by atoms with E-state index < -0.39 is 30.3 Å². The maximum Gasteiger partial charge on any atom is 0.376 e. The number of hydrogen-bond acceptors (Lipinski definition) is 6. The summed E-state index contributed by atoms with van der Waals surface area (Å²) in [7, 11) is 0. The lowest BCUT2D eigenvalue weighted by Crippen LogP contribution is -2.22. The highest BCUT2D eigenvalue weighted by atomic mass is 19.1. The van der Waals surface area contributed by atoms with Crippen molar-refractivity contribution in [2.24, 2.45) is 0 Å². The second-order valence-electron chi connectivity index (χ2n) is 5.63. The van der Waals surface area contributed by atoms with E-state index in [-0.39, 0.29) is 23.6 Å². The first kappa shape index (κ1) is 19.1. The molecule has 3 aromatic rings. The average Bonchev–Trinajstić information content (AvgIpc) is 3.05. The monoisotopic (exact) mass is 385 g/mol. The molecule has 8 heteroatoms. The largest absolute Gasteiger partial charge is 0.460 e. The van der Waals surface area contributed by atoms with Crippen LogP contribution in [0.4, 0.5) is 10.1 Å². The topological polar surface area (TPSA) is 94.8 Å². The van der Waals surface area contributed by atoms with Crippen LogP contribution in [0.5, 0.6) is 0 Å². The molecule has 144 valence electrons. The summed E-state index contributed by atoms with van der Waals surface area (Å²) < 4.78 is 28.9. The molecule has 2 aromatic carbocycles. The van der Waals surface area contributed by atoms with Crippen molar-refractivity contribution in [2.45, 2.75) is 6.92 Å². The van der Waals surface area contributed by atoms with E-state index in [9.17, 15) is 18.8 Å². The van der Waals surface area contributed by atoms with Crippen LogP contribution in [0.3, 0.4) is 0 Å². The highest BCUT2D eigenvalue weighted by Crippen LogP contribution is 2.31. The molecule has 0 aliphatic rings. The van der Waals surface area contributed by atoms with Gasteiger partial charge in [0.15, 0.2) is 6.61 Å². The predicted octanol–water partition coefficient (Wildman–Crippen LogP) is 3.54. The Morgan fingerprint density at radius 2 is 1.71 bits per heavy atom. The highest BCUT2D eigenvalue weighted by Gasteiger charge is 2.24. The first-order chi connectivity index (χ1) is 13.5. The molecule has 0 unspecified atom stereocenters. The van der Waals surface area contributed by atoms with Crippen molar-refractivity contribution < 1.29 is 32.7 Å². The van der Waals surface area contributed by atoms with Gasteiger partial charge < -0.3 is 19.2 Å². The van der Waals surface area contributed by atoms with Gasteiger partial charge in [0, 0.05) is 5.39 Å². The van der Waals surface area contributed by atoms with E-state index in [4.69, 9.17) is 13.9 Å². The van der Waals surface area contributed by atoms with E-state index in [1.807, 2.05) is 0 Å². The normalized spacial score (nSPS) is 10.5. The van der Waals surface area contributed by atoms with Gasteiger partial charge in [-0.05, 0) is 31.2 Å². The van der Waals surface area contributed by atoms with Crippen molar-refractivity contribution in [3.8, 4) is 0 Å². The maximum absolute atomic E-state index is 13.6. The number of halogens is 1. The fraction of sp³-hybridized carbons (Fsp3) is 0.150. The molecule has 0 saturated heterocycles. The van der Waals surface area contributed by atoms with Crippen molar-refractivity contribution >= 4 is 34.5 Å². The van der Waals surface area contributed by atoms with Gasteiger partial charge >= 0.3 is 11.9 Å². The highest BCUT2D eigenvalue weighted by molar-refractivity contribution is 6.10. The average molecular weight is 385 g/mol. The van der Waals surface area contributed by atoms with E-state index in [2.05, 4.69) is 5.32 Å². The van der Waals surface area contributed by atoms with E-state index in [1.165, 1.54) is 18.2 Å². The van der Waals surface area contributed by atoms with Gasteiger partial charge in [0.1, 0.15) is 17.1 Å². The van der Waals surface area contributed by atoms with Crippen LogP contribution in [-0.2, 0) is 14.3 Å². The number of furan rings is 1. The molecule has 28 heavy (non-hydrogen) atoms. The Bertz CT molecular complexity index is 1040. The number of hydrogen-bond donors (Lipinski definition) is 1. The summed E-state index contributed by atoms with van der Waals surface area (Å²) in [6.07, 6.45) is 0. The molecule has 3 rings (SSSR count). The number of benzene rings is 2. The minimum Gasteiger partial charge on any atom is -0.460 e. The molecular weight excluding hydrogens is 369 g/mol. The van der Waals surface area contributed by atoms with Crippen molar-refractivity contribution in [1.29, 1.82) is 0 Å². The number of fused-ring (bicyclic) bond motifs is 1. The van der Waals surface area contributed by atoms with Crippen molar-refractivity contribution in [3.05, 3.63) is 65.7 Å². The summed E-state index contributed by atoms with van der Waals surface area (Å²) in [6.45, 7) is 1.10. The molecule has 1 N–H and O–H groups in total. The Labute approximate surface area is 159 Å². The standard InChI is InChI=1S/C20H16FNO6/c1-2-26-20(25)18-17(13-8-4-6-10-15(13)28-18)22-16(23)11-27-19(24)12-7-3-5-9-14(12)21/h3-10H,2,11H2,1H3,(H,22,23). The Balaban J connectivity index is 1.75. The van der Waals surface area contributed by atoms with Crippen molar-refractivity contribution in [1.82, 2.24) is 0 Å². The second kappa shape index (κ2) is 8.34. The summed E-state index contributed by atoms with van der Waals surface area (Å²) in [5, 5.41) is 2.98. The lowest BCUT2D eigenvalue weighted by Gasteiger charge is -2.07. The van der Waals surface area contributed by atoms with Gasteiger partial charge in [0.05, 0.1) is 12.2 Å². The number of carbonyl (C=O) groups is 3. The van der Waals surface area contributed by atoms with Crippen molar-refractivity contribution in [2.75, 3.05) is 18.5 Å². The molecule has 0 bridgehead atoms. The van der Waals surface area contributed by atoms with Gasteiger partial charge in [-0.3, -0.25) is 4.79 Å². The number of carbonyl (C=O) groups excluding carboxylic acids is 3. The van der Waals surface area contributed by atoms with Gasteiger partial charge in [-0.25, -0.2) is 14.0 Å².